The fraction of sp³-hybridized carbons (Fsp3) is 0.0370. The third kappa shape index (κ3) is 5.76. The van der Waals surface area contributed by atoms with Crippen LogP contribution < -0.4 is 5.32 Å². The Balaban J connectivity index is 1.60. The van der Waals surface area contributed by atoms with Crippen molar-refractivity contribution in [1.82, 2.24) is 4.98 Å². The Hall–Kier alpha value is -3.58. The molecule has 5 heteroatoms. The summed E-state index contributed by atoms with van der Waals surface area (Å²) in [4.78, 5) is 17.3. The average Bonchev–Trinajstić information content (AvgIpc) is 2.80. The fourth-order valence-corrected chi connectivity index (χ4v) is 3.40. The molecule has 0 saturated carbocycles. The summed E-state index contributed by atoms with van der Waals surface area (Å²) < 4.78 is 0. The molecule has 0 fully saturated rings. The van der Waals surface area contributed by atoms with E-state index in [9.17, 15) is 4.79 Å². The second-order valence-electron chi connectivity index (χ2n) is 7.08. The maximum atomic E-state index is 12.9. The van der Waals surface area contributed by atoms with Crippen molar-refractivity contribution in [2.24, 2.45) is 0 Å². The summed E-state index contributed by atoms with van der Waals surface area (Å²) in [7, 11) is 0. The zero-order valence-corrected chi connectivity index (χ0v) is 18.5. The Bertz CT molecular complexity index is 1340. The lowest BCUT2D eigenvalue weighted by molar-refractivity contribution is -0.115. The molecule has 1 heterocycles. The van der Waals surface area contributed by atoms with Crippen LogP contribution in [0.1, 0.15) is 17.5 Å². The third-order valence-corrected chi connectivity index (χ3v) is 5.18. The summed E-state index contributed by atoms with van der Waals surface area (Å²) in [5.41, 5.74) is 3.82. The number of pyridine rings is 1. The SMILES string of the molecule is O=C(C/C(C#Cc1ccc(Cl)cc1)=C\c1ccc(Cl)cc1)Nc1cccc2cccnc12. The maximum Gasteiger partial charge on any atom is 0.229 e. The van der Waals surface area contributed by atoms with Crippen LogP contribution in [0.15, 0.2) is 90.6 Å². The number of carbonyl (C=O) groups excluding carboxylic acids is 1. The third-order valence-electron chi connectivity index (χ3n) is 4.68. The minimum atomic E-state index is -0.172. The standard InChI is InChI=1S/C27H18Cl2N2O/c28-23-12-8-19(9-13-23)6-7-21(17-20-10-14-24(29)15-11-20)18-26(32)31-25-5-1-3-22-4-2-16-30-27(22)25/h1-5,8-17H,18H2,(H,31,32)/b21-17-. The van der Waals surface area contributed by atoms with Crippen LogP contribution in [0.5, 0.6) is 0 Å². The Labute approximate surface area is 196 Å². The lowest BCUT2D eigenvalue weighted by Gasteiger charge is -2.08. The molecular weight excluding hydrogens is 439 g/mol. The molecule has 0 aliphatic rings. The molecule has 1 N–H and O–H groups in total. The van der Waals surface area contributed by atoms with E-state index in [1.807, 2.05) is 60.7 Å². The van der Waals surface area contributed by atoms with Gasteiger partial charge in [-0.1, -0.05) is 65.4 Å². The summed E-state index contributed by atoms with van der Waals surface area (Å²) in [6, 6.07) is 24.2. The highest BCUT2D eigenvalue weighted by atomic mass is 35.5. The van der Waals surface area contributed by atoms with E-state index in [1.165, 1.54) is 0 Å². The molecule has 156 valence electrons. The quantitative estimate of drug-likeness (QED) is 0.335. The molecule has 0 unspecified atom stereocenters. The molecular formula is C27H18Cl2N2O. The predicted molar refractivity (Wildman–Crippen MR) is 133 cm³/mol. The molecule has 0 bridgehead atoms. The van der Waals surface area contributed by atoms with Gasteiger partial charge in [0.1, 0.15) is 0 Å². The van der Waals surface area contributed by atoms with Gasteiger partial charge in [0.25, 0.3) is 0 Å². The van der Waals surface area contributed by atoms with Crippen molar-refractivity contribution in [3.05, 3.63) is 112 Å². The number of hydrogen-bond acceptors (Lipinski definition) is 2. The Kier molecular flexibility index (Phi) is 6.87. The summed E-state index contributed by atoms with van der Waals surface area (Å²) in [5, 5.41) is 5.23. The summed E-state index contributed by atoms with van der Waals surface area (Å²) in [5.74, 6) is 6.07. The van der Waals surface area contributed by atoms with Crippen LogP contribution >= 0.6 is 23.2 Å². The van der Waals surface area contributed by atoms with E-state index in [1.54, 1.807) is 30.5 Å². The van der Waals surface area contributed by atoms with E-state index in [2.05, 4.69) is 22.1 Å². The number of halogens is 2. The lowest BCUT2D eigenvalue weighted by atomic mass is 10.1. The number of carbonyl (C=O) groups is 1. The van der Waals surface area contributed by atoms with Crippen molar-refractivity contribution >= 4 is 51.8 Å². The number of para-hydroxylation sites is 1. The van der Waals surface area contributed by atoms with E-state index in [-0.39, 0.29) is 12.3 Å². The van der Waals surface area contributed by atoms with Gasteiger partial charge in [-0.2, -0.15) is 0 Å². The van der Waals surface area contributed by atoms with Crippen molar-refractivity contribution in [1.29, 1.82) is 0 Å². The minimum absolute atomic E-state index is 0.117. The van der Waals surface area contributed by atoms with Crippen LogP contribution in [0.2, 0.25) is 10.0 Å². The number of aromatic nitrogens is 1. The predicted octanol–water partition coefficient (Wildman–Crippen LogP) is 7.01. The van der Waals surface area contributed by atoms with Crippen molar-refractivity contribution < 1.29 is 4.79 Å². The van der Waals surface area contributed by atoms with Crippen LogP contribution in [0.3, 0.4) is 0 Å². The van der Waals surface area contributed by atoms with E-state index < -0.39 is 0 Å². The van der Waals surface area contributed by atoms with Crippen molar-refractivity contribution in [2.45, 2.75) is 6.42 Å². The number of anilines is 1. The van der Waals surface area contributed by atoms with Crippen LogP contribution in [0, 0.1) is 11.8 Å². The smallest absolute Gasteiger partial charge is 0.229 e. The van der Waals surface area contributed by atoms with Crippen LogP contribution in [-0.2, 0) is 4.79 Å². The summed E-state index contributed by atoms with van der Waals surface area (Å²) >= 11 is 11.9. The largest absolute Gasteiger partial charge is 0.324 e. The van der Waals surface area contributed by atoms with Gasteiger partial charge in [-0.15, -0.1) is 0 Å². The molecule has 0 spiro atoms. The lowest BCUT2D eigenvalue weighted by Crippen LogP contribution is -2.12. The van der Waals surface area contributed by atoms with Gasteiger partial charge in [-0.3, -0.25) is 9.78 Å². The molecule has 0 radical (unpaired) electrons. The van der Waals surface area contributed by atoms with Gasteiger partial charge in [-0.05, 0) is 60.2 Å². The first-order valence-corrected chi connectivity index (χ1v) is 10.7. The second kappa shape index (κ2) is 10.2. The number of hydrogen-bond donors (Lipinski definition) is 1. The maximum absolute atomic E-state index is 12.9. The normalized spacial score (nSPS) is 11.0. The minimum Gasteiger partial charge on any atom is -0.324 e. The highest BCUT2D eigenvalue weighted by Gasteiger charge is 2.09. The number of rotatable bonds is 4. The molecule has 0 atom stereocenters. The first-order chi connectivity index (χ1) is 15.6. The van der Waals surface area contributed by atoms with Crippen LogP contribution in [0.25, 0.3) is 17.0 Å². The number of nitrogens with zero attached hydrogens (tertiary/aromatic N) is 1. The molecule has 32 heavy (non-hydrogen) atoms. The molecule has 4 rings (SSSR count). The number of benzene rings is 3. The molecule has 4 aromatic rings. The van der Waals surface area contributed by atoms with Crippen molar-refractivity contribution in [3.63, 3.8) is 0 Å². The Morgan fingerprint density at radius 3 is 2.34 bits per heavy atom. The molecule has 0 aliphatic heterocycles. The first kappa shape index (κ1) is 21.6. The molecule has 1 amide bonds. The summed E-state index contributed by atoms with van der Waals surface area (Å²) in [6.07, 6.45) is 3.72. The van der Waals surface area contributed by atoms with E-state index in [4.69, 9.17) is 23.2 Å². The molecule has 1 aromatic heterocycles. The summed E-state index contributed by atoms with van der Waals surface area (Å²) in [6.45, 7) is 0. The highest BCUT2D eigenvalue weighted by molar-refractivity contribution is 6.30. The highest BCUT2D eigenvalue weighted by Crippen LogP contribution is 2.21. The fourth-order valence-electron chi connectivity index (χ4n) is 3.15. The average molecular weight is 457 g/mol. The number of fused-ring (bicyclic) bond motifs is 1. The number of amides is 1. The van der Waals surface area contributed by atoms with Gasteiger partial charge in [0.15, 0.2) is 0 Å². The monoisotopic (exact) mass is 456 g/mol. The number of nitrogens with one attached hydrogen (secondary N) is 1. The zero-order valence-electron chi connectivity index (χ0n) is 17.0. The molecule has 3 aromatic carbocycles. The van der Waals surface area contributed by atoms with Crippen molar-refractivity contribution in [2.75, 3.05) is 5.32 Å². The van der Waals surface area contributed by atoms with E-state index in [0.717, 1.165) is 22.0 Å². The first-order valence-electron chi connectivity index (χ1n) is 9.94. The topological polar surface area (TPSA) is 42.0 Å². The van der Waals surface area contributed by atoms with Crippen LogP contribution in [0.4, 0.5) is 5.69 Å². The Morgan fingerprint density at radius 2 is 1.59 bits per heavy atom. The molecule has 0 aliphatic carbocycles. The van der Waals surface area contributed by atoms with Gasteiger partial charge in [0, 0.05) is 32.8 Å². The van der Waals surface area contributed by atoms with Gasteiger partial charge < -0.3 is 5.32 Å². The van der Waals surface area contributed by atoms with E-state index in [0.29, 0.717) is 21.3 Å². The van der Waals surface area contributed by atoms with Gasteiger partial charge >= 0.3 is 0 Å². The second-order valence-corrected chi connectivity index (χ2v) is 7.96. The molecule has 0 saturated heterocycles. The van der Waals surface area contributed by atoms with Gasteiger partial charge in [0.05, 0.1) is 17.6 Å². The van der Waals surface area contributed by atoms with E-state index >= 15 is 0 Å². The molecule has 3 nitrogen and oxygen atoms in total. The Morgan fingerprint density at radius 1 is 0.906 bits per heavy atom. The zero-order chi connectivity index (χ0) is 22.3. The van der Waals surface area contributed by atoms with Crippen molar-refractivity contribution in [3.8, 4) is 11.8 Å². The van der Waals surface area contributed by atoms with Crippen LogP contribution in [-0.4, -0.2) is 10.9 Å². The van der Waals surface area contributed by atoms with Gasteiger partial charge in [-0.25, -0.2) is 0 Å². The van der Waals surface area contributed by atoms with Gasteiger partial charge in [0.2, 0.25) is 5.91 Å².